The summed E-state index contributed by atoms with van der Waals surface area (Å²) in [5.74, 6) is 1.14. The van der Waals surface area contributed by atoms with Gasteiger partial charge >= 0.3 is 0 Å². The molecule has 1 atom stereocenters. The van der Waals surface area contributed by atoms with Crippen molar-refractivity contribution in [2.45, 2.75) is 32.4 Å². The predicted octanol–water partition coefficient (Wildman–Crippen LogP) is 4.39. The number of benzene rings is 1. The highest BCUT2D eigenvalue weighted by Crippen LogP contribution is 2.23. The van der Waals surface area contributed by atoms with Gasteiger partial charge in [0, 0.05) is 60.1 Å². The minimum absolute atomic E-state index is 0.191. The molecule has 0 spiro atoms. The Kier molecular flexibility index (Phi) is 5.03. The molecule has 3 N–H and O–H groups in total. The predicted molar refractivity (Wildman–Crippen MR) is 124 cm³/mol. The van der Waals surface area contributed by atoms with Crippen LogP contribution in [-0.4, -0.2) is 45.4 Å². The number of hydrogen-bond donors (Lipinski definition) is 3. The van der Waals surface area contributed by atoms with Gasteiger partial charge in [0.1, 0.15) is 11.6 Å². The van der Waals surface area contributed by atoms with E-state index in [-0.39, 0.29) is 5.91 Å². The van der Waals surface area contributed by atoms with E-state index in [0.29, 0.717) is 17.4 Å². The molecule has 4 aromatic rings. The standard InChI is InChI=1S/C24H26N6O/c1-15-4-3-7-30(15)14-20-9-19-13-27-23(11-21(19)28-20)29-24(31)17-6-5-16-10-22(25-2)26-12-18(16)8-17/h5-6,8-13,15,28H,3-4,7,14H2,1-2H3,(H,25,26)(H,27,29,31)/t15-/m0/s1. The number of nitrogens with zero attached hydrogens (tertiary/aromatic N) is 3. The second kappa shape index (κ2) is 8.00. The highest BCUT2D eigenvalue weighted by Gasteiger charge is 2.20. The molecule has 7 nitrogen and oxygen atoms in total. The fourth-order valence-corrected chi connectivity index (χ4v) is 4.29. The second-order valence-corrected chi connectivity index (χ2v) is 8.25. The number of carbonyl (C=O) groups excluding carboxylic acids is 1. The van der Waals surface area contributed by atoms with Gasteiger partial charge < -0.3 is 15.6 Å². The third-order valence-corrected chi connectivity index (χ3v) is 6.11. The number of hydrogen-bond acceptors (Lipinski definition) is 5. The molecule has 4 heterocycles. The minimum Gasteiger partial charge on any atom is -0.373 e. The van der Waals surface area contributed by atoms with E-state index < -0.39 is 0 Å². The SMILES string of the molecule is CNc1cc2ccc(C(=O)Nc3cc4[nH]c(CN5CCC[C@@H]5C)cc4cn3)cc2cn1. The van der Waals surface area contributed by atoms with Crippen LogP contribution in [0.1, 0.15) is 35.8 Å². The van der Waals surface area contributed by atoms with Crippen molar-refractivity contribution in [2.24, 2.45) is 0 Å². The summed E-state index contributed by atoms with van der Waals surface area (Å²) in [5.41, 5.74) is 2.73. The molecule has 7 heteroatoms. The molecule has 3 aromatic heterocycles. The summed E-state index contributed by atoms with van der Waals surface area (Å²) in [5, 5.41) is 8.94. The fourth-order valence-electron chi connectivity index (χ4n) is 4.29. The number of aromatic amines is 1. The van der Waals surface area contributed by atoms with E-state index in [2.05, 4.69) is 43.5 Å². The maximum absolute atomic E-state index is 12.8. The van der Waals surface area contributed by atoms with Gasteiger partial charge in [-0.3, -0.25) is 9.69 Å². The average Bonchev–Trinajstić information content (AvgIpc) is 3.38. The molecule has 1 saturated heterocycles. The van der Waals surface area contributed by atoms with Crippen molar-refractivity contribution in [3.63, 3.8) is 0 Å². The lowest BCUT2D eigenvalue weighted by Gasteiger charge is -2.19. The van der Waals surface area contributed by atoms with Crippen molar-refractivity contribution in [3.05, 3.63) is 60.0 Å². The van der Waals surface area contributed by atoms with E-state index >= 15 is 0 Å². The maximum Gasteiger partial charge on any atom is 0.256 e. The van der Waals surface area contributed by atoms with Gasteiger partial charge in [-0.05, 0) is 56.0 Å². The van der Waals surface area contributed by atoms with E-state index in [0.717, 1.165) is 40.6 Å². The highest BCUT2D eigenvalue weighted by molar-refractivity contribution is 6.06. The first-order valence-corrected chi connectivity index (χ1v) is 10.7. The molecule has 1 aromatic carbocycles. The first-order valence-electron chi connectivity index (χ1n) is 10.7. The van der Waals surface area contributed by atoms with Crippen molar-refractivity contribution in [3.8, 4) is 0 Å². The average molecular weight is 415 g/mol. The van der Waals surface area contributed by atoms with Crippen LogP contribution < -0.4 is 10.6 Å². The van der Waals surface area contributed by atoms with Crippen molar-refractivity contribution in [2.75, 3.05) is 24.2 Å². The van der Waals surface area contributed by atoms with E-state index in [1.165, 1.54) is 18.5 Å². The summed E-state index contributed by atoms with van der Waals surface area (Å²) in [6.07, 6.45) is 6.10. The Morgan fingerprint density at radius 3 is 2.74 bits per heavy atom. The van der Waals surface area contributed by atoms with Gasteiger partial charge in [0.25, 0.3) is 5.91 Å². The Morgan fingerprint density at radius 2 is 1.94 bits per heavy atom. The van der Waals surface area contributed by atoms with Crippen molar-refractivity contribution in [1.29, 1.82) is 0 Å². The molecule has 0 aliphatic carbocycles. The zero-order valence-electron chi connectivity index (χ0n) is 17.8. The Bertz CT molecular complexity index is 1260. The number of likely N-dealkylation sites (tertiary alicyclic amines) is 1. The van der Waals surface area contributed by atoms with Gasteiger partial charge in [-0.1, -0.05) is 6.07 Å². The monoisotopic (exact) mass is 414 g/mol. The van der Waals surface area contributed by atoms with Crippen LogP contribution >= 0.6 is 0 Å². The van der Waals surface area contributed by atoms with Gasteiger partial charge in [-0.15, -0.1) is 0 Å². The number of nitrogens with one attached hydrogen (secondary N) is 3. The third-order valence-electron chi connectivity index (χ3n) is 6.11. The molecule has 31 heavy (non-hydrogen) atoms. The van der Waals surface area contributed by atoms with E-state index in [9.17, 15) is 4.79 Å². The first kappa shape index (κ1) is 19.5. The minimum atomic E-state index is -0.191. The maximum atomic E-state index is 12.8. The van der Waals surface area contributed by atoms with Crippen LogP contribution in [0.5, 0.6) is 0 Å². The topological polar surface area (TPSA) is 85.9 Å². The van der Waals surface area contributed by atoms with Crippen LogP contribution in [0.15, 0.2) is 48.8 Å². The summed E-state index contributed by atoms with van der Waals surface area (Å²) in [6, 6.07) is 12.2. The molecular formula is C24H26N6O. The number of carbonyl (C=O) groups is 1. The first-order chi connectivity index (χ1) is 15.1. The second-order valence-electron chi connectivity index (χ2n) is 8.25. The quantitative estimate of drug-likeness (QED) is 0.451. The van der Waals surface area contributed by atoms with Crippen molar-refractivity contribution < 1.29 is 4.79 Å². The number of amides is 1. The molecule has 1 aliphatic heterocycles. The van der Waals surface area contributed by atoms with Crippen LogP contribution in [-0.2, 0) is 6.54 Å². The van der Waals surface area contributed by atoms with Gasteiger partial charge in [0.05, 0.1) is 5.52 Å². The van der Waals surface area contributed by atoms with E-state index in [4.69, 9.17) is 0 Å². The van der Waals surface area contributed by atoms with E-state index in [1.807, 2.05) is 43.6 Å². The third kappa shape index (κ3) is 3.96. The molecule has 1 amide bonds. The largest absolute Gasteiger partial charge is 0.373 e. The Morgan fingerprint density at radius 1 is 1.10 bits per heavy atom. The summed E-state index contributed by atoms with van der Waals surface area (Å²) in [4.78, 5) is 27.5. The lowest BCUT2D eigenvalue weighted by molar-refractivity contribution is 0.102. The van der Waals surface area contributed by atoms with Crippen molar-refractivity contribution in [1.82, 2.24) is 19.9 Å². The van der Waals surface area contributed by atoms with E-state index in [1.54, 1.807) is 6.20 Å². The van der Waals surface area contributed by atoms with Crippen LogP contribution in [0.25, 0.3) is 21.7 Å². The summed E-state index contributed by atoms with van der Waals surface area (Å²) in [7, 11) is 1.83. The Balaban J connectivity index is 1.33. The molecule has 0 radical (unpaired) electrons. The van der Waals surface area contributed by atoms with Gasteiger partial charge in [-0.2, -0.15) is 0 Å². The molecule has 0 saturated carbocycles. The number of H-pyrrole nitrogens is 1. The lowest BCUT2D eigenvalue weighted by atomic mass is 10.1. The highest BCUT2D eigenvalue weighted by atomic mass is 16.1. The van der Waals surface area contributed by atoms with Crippen molar-refractivity contribution >= 4 is 39.2 Å². The van der Waals surface area contributed by atoms with Crippen LogP contribution in [0, 0.1) is 0 Å². The number of rotatable bonds is 5. The Labute approximate surface area is 180 Å². The molecule has 5 rings (SSSR count). The molecule has 0 unspecified atom stereocenters. The number of aromatic nitrogens is 3. The van der Waals surface area contributed by atoms with Gasteiger partial charge in [0.2, 0.25) is 0 Å². The number of fused-ring (bicyclic) bond motifs is 2. The van der Waals surface area contributed by atoms with Gasteiger partial charge in [0.15, 0.2) is 0 Å². The number of anilines is 2. The smallest absolute Gasteiger partial charge is 0.256 e. The Hall–Kier alpha value is -3.45. The summed E-state index contributed by atoms with van der Waals surface area (Å²) < 4.78 is 0. The van der Waals surface area contributed by atoms with Crippen LogP contribution in [0.3, 0.4) is 0 Å². The summed E-state index contributed by atoms with van der Waals surface area (Å²) >= 11 is 0. The number of pyridine rings is 2. The molecule has 158 valence electrons. The van der Waals surface area contributed by atoms with Gasteiger partial charge in [-0.25, -0.2) is 9.97 Å². The molecule has 0 bridgehead atoms. The zero-order valence-corrected chi connectivity index (χ0v) is 17.8. The lowest BCUT2D eigenvalue weighted by Crippen LogP contribution is -2.26. The zero-order chi connectivity index (χ0) is 21.4. The van der Waals surface area contributed by atoms with Crippen LogP contribution in [0.4, 0.5) is 11.6 Å². The normalized spacial score (nSPS) is 16.8. The molecule has 1 fully saturated rings. The molecule has 1 aliphatic rings. The summed E-state index contributed by atoms with van der Waals surface area (Å²) in [6.45, 7) is 4.35. The van der Waals surface area contributed by atoms with Crippen LogP contribution in [0.2, 0.25) is 0 Å². The molecular weight excluding hydrogens is 388 g/mol. The fraction of sp³-hybridized carbons (Fsp3) is 0.292.